The number of ether oxygens (including phenoxy) is 1. The molecule has 2 aliphatic rings. The van der Waals surface area contributed by atoms with Crippen LogP contribution in [0.15, 0.2) is 18.2 Å². The Morgan fingerprint density at radius 2 is 2.05 bits per heavy atom. The number of aryl methyl sites for hydroxylation is 1. The van der Waals surface area contributed by atoms with Gasteiger partial charge >= 0.3 is 0 Å². The lowest BCUT2D eigenvalue weighted by atomic mass is 9.87. The number of methoxy groups -OCH3 is 1. The van der Waals surface area contributed by atoms with Gasteiger partial charge in [-0.15, -0.1) is 0 Å². The second-order valence-electron chi connectivity index (χ2n) is 6.19. The third-order valence-electron chi connectivity index (χ3n) is 4.58. The lowest BCUT2D eigenvalue weighted by Crippen LogP contribution is -2.47. The van der Waals surface area contributed by atoms with Crippen LogP contribution >= 0.6 is 0 Å². The Morgan fingerprint density at radius 3 is 2.81 bits per heavy atom. The highest BCUT2D eigenvalue weighted by Gasteiger charge is 2.28. The van der Waals surface area contributed by atoms with Crippen molar-refractivity contribution in [2.45, 2.75) is 44.2 Å². The Bertz CT molecular complexity index is 612. The first kappa shape index (κ1) is 14.9. The molecule has 0 saturated carbocycles. The maximum Gasteiger partial charge on any atom is 0.151 e. The minimum Gasteiger partial charge on any atom is -0.497 e. The summed E-state index contributed by atoms with van der Waals surface area (Å²) in [6.07, 6.45) is 4.85. The van der Waals surface area contributed by atoms with Gasteiger partial charge in [-0.05, 0) is 55.4 Å². The van der Waals surface area contributed by atoms with E-state index in [1.165, 1.54) is 11.1 Å². The van der Waals surface area contributed by atoms with E-state index in [-0.39, 0.29) is 6.04 Å². The molecule has 0 spiro atoms. The van der Waals surface area contributed by atoms with Gasteiger partial charge in [-0.2, -0.15) is 0 Å². The van der Waals surface area contributed by atoms with Crippen molar-refractivity contribution in [3.8, 4) is 5.75 Å². The summed E-state index contributed by atoms with van der Waals surface area (Å²) in [5, 5.41) is 3.57. The van der Waals surface area contributed by atoms with E-state index in [2.05, 4.69) is 17.4 Å². The van der Waals surface area contributed by atoms with E-state index in [1.54, 1.807) is 7.11 Å². The number of benzene rings is 1. The Hall–Kier alpha value is -1.07. The summed E-state index contributed by atoms with van der Waals surface area (Å²) in [5.74, 6) is 1.55. The van der Waals surface area contributed by atoms with E-state index >= 15 is 0 Å². The standard InChI is InChI=1S/C16H23NO3S/c1-20-16-7-5-12-4-6-14(9-13(12)10-16)17-15-3-2-8-21(18,19)11-15/h5,7,10,14-15,17H,2-4,6,8-9,11H2,1H3. The lowest BCUT2D eigenvalue weighted by Gasteiger charge is -2.31. The van der Waals surface area contributed by atoms with Gasteiger partial charge in [0.1, 0.15) is 5.75 Å². The predicted molar refractivity (Wildman–Crippen MR) is 83.6 cm³/mol. The summed E-state index contributed by atoms with van der Waals surface area (Å²) < 4.78 is 28.7. The Balaban J connectivity index is 1.66. The van der Waals surface area contributed by atoms with Crippen LogP contribution < -0.4 is 10.1 Å². The molecule has 1 aliphatic carbocycles. The van der Waals surface area contributed by atoms with Crippen LogP contribution in [0.3, 0.4) is 0 Å². The zero-order chi connectivity index (χ0) is 14.9. The molecule has 1 N–H and O–H groups in total. The molecular weight excluding hydrogens is 286 g/mol. The molecule has 3 rings (SSSR count). The van der Waals surface area contributed by atoms with Gasteiger partial charge in [0.2, 0.25) is 0 Å². The van der Waals surface area contributed by atoms with Crippen molar-refractivity contribution in [3.05, 3.63) is 29.3 Å². The molecule has 1 heterocycles. The van der Waals surface area contributed by atoms with Crippen molar-refractivity contribution in [1.29, 1.82) is 0 Å². The molecule has 1 saturated heterocycles. The molecule has 5 heteroatoms. The van der Waals surface area contributed by atoms with Crippen LogP contribution in [0.4, 0.5) is 0 Å². The molecule has 4 nitrogen and oxygen atoms in total. The van der Waals surface area contributed by atoms with Crippen molar-refractivity contribution in [3.63, 3.8) is 0 Å². The summed E-state index contributed by atoms with van der Waals surface area (Å²) in [7, 11) is -1.15. The molecule has 2 atom stereocenters. The summed E-state index contributed by atoms with van der Waals surface area (Å²) >= 11 is 0. The highest BCUT2D eigenvalue weighted by Crippen LogP contribution is 2.26. The van der Waals surface area contributed by atoms with Crippen LogP contribution in [0.25, 0.3) is 0 Å². The SMILES string of the molecule is COc1ccc2c(c1)CC(NC1CCCS(=O)(=O)C1)CC2. The molecule has 1 aromatic carbocycles. The van der Waals surface area contributed by atoms with Crippen molar-refractivity contribution in [1.82, 2.24) is 5.32 Å². The Kier molecular flexibility index (Phi) is 4.22. The molecule has 0 bridgehead atoms. The monoisotopic (exact) mass is 309 g/mol. The molecule has 0 aromatic heterocycles. The van der Waals surface area contributed by atoms with Crippen molar-refractivity contribution >= 4 is 9.84 Å². The van der Waals surface area contributed by atoms with Gasteiger partial charge < -0.3 is 10.1 Å². The number of rotatable bonds is 3. The van der Waals surface area contributed by atoms with Gasteiger partial charge in [-0.25, -0.2) is 8.42 Å². The molecule has 21 heavy (non-hydrogen) atoms. The van der Waals surface area contributed by atoms with E-state index in [1.807, 2.05) is 6.07 Å². The quantitative estimate of drug-likeness (QED) is 0.924. The van der Waals surface area contributed by atoms with Gasteiger partial charge in [-0.1, -0.05) is 6.07 Å². The molecular formula is C16H23NO3S. The van der Waals surface area contributed by atoms with Gasteiger partial charge in [0.05, 0.1) is 18.6 Å². The first-order valence-corrected chi connectivity index (χ1v) is 9.50. The van der Waals surface area contributed by atoms with Gasteiger partial charge in [0.25, 0.3) is 0 Å². The van der Waals surface area contributed by atoms with Crippen LogP contribution in [0, 0.1) is 0 Å². The topological polar surface area (TPSA) is 55.4 Å². The maximum absolute atomic E-state index is 11.7. The fraction of sp³-hybridized carbons (Fsp3) is 0.625. The highest BCUT2D eigenvalue weighted by atomic mass is 32.2. The van der Waals surface area contributed by atoms with E-state index in [0.29, 0.717) is 17.5 Å². The van der Waals surface area contributed by atoms with Crippen molar-refractivity contribution < 1.29 is 13.2 Å². The fourth-order valence-electron chi connectivity index (χ4n) is 3.49. The minimum absolute atomic E-state index is 0.126. The number of hydrogen-bond acceptors (Lipinski definition) is 4. The Morgan fingerprint density at radius 1 is 1.19 bits per heavy atom. The third-order valence-corrected chi connectivity index (χ3v) is 6.40. The number of sulfone groups is 1. The van der Waals surface area contributed by atoms with E-state index in [9.17, 15) is 8.42 Å². The van der Waals surface area contributed by atoms with E-state index < -0.39 is 9.84 Å². The van der Waals surface area contributed by atoms with Crippen LogP contribution in [0.5, 0.6) is 5.75 Å². The van der Waals surface area contributed by atoms with Crippen LogP contribution in [-0.4, -0.2) is 39.1 Å². The summed E-state index contributed by atoms with van der Waals surface area (Å²) in [6.45, 7) is 0. The third kappa shape index (κ3) is 3.58. The highest BCUT2D eigenvalue weighted by molar-refractivity contribution is 7.91. The largest absolute Gasteiger partial charge is 0.497 e. The van der Waals surface area contributed by atoms with Gasteiger partial charge in [-0.3, -0.25) is 0 Å². The molecule has 1 aromatic rings. The van der Waals surface area contributed by atoms with Crippen LogP contribution in [-0.2, 0) is 22.7 Å². The van der Waals surface area contributed by atoms with E-state index in [4.69, 9.17) is 4.74 Å². The van der Waals surface area contributed by atoms with Crippen molar-refractivity contribution in [2.75, 3.05) is 18.6 Å². The Labute approximate surface area is 126 Å². The zero-order valence-corrected chi connectivity index (χ0v) is 13.3. The van der Waals surface area contributed by atoms with Gasteiger partial charge in [0.15, 0.2) is 9.84 Å². The first-order chi connectivity index (χ1) is 10.1. The average molecular weight is 309 g/mol. The molecule has 0 radical (unpaired) electrons. The summed E-state index contributed by atoms with van der Waals surface area (Å²) in [4.78, 5) is 0. The van der Waals surface area contributed by atoms with Gasteiger partial charge in [0, 0.05) is 12.1 Å². The second kappa shape index (κ2) is 5.97. The number of hydrogen-bond donors (Lipinski definition) is 1. The van der Waals surface area contributed by atoms with Crippen LogP contribution in [0.2, 0.25) is 0 Å². The number of nitrogens with one attached hydrogen (secondary N) is 1. The zero-order valence-electron chi connectivity index (χ0n) is 12.5. The average Bonchev–Trinajstić information content (AvgIpc) is 2.45. The lowest BCUT2D eigenvalue weighted by molar-refractivity contribution is 0.382. The number of fused-ring (bicyclic) bond motifs is 1. The molecule has 1 aliphatic heterocycles. The summed E-state index contributed by atoms with van der Waals surface area (Å²) in [5.41, 5.74) is 2.72. The predicted octanol–water partition coefficient (Wildman–Crippen LogP) is 1.72. The molecule has 1 fully saturated rings. The van der Waals surface area contributed by atoms with Crippen LogP contribution in [0.1, 0.15) is 30.4 Å². The normalized spacial score (nSPS) is 27.9. The molecule has 116 valence electrons. The molecule has 0 amide bonds. The second-order valence-corrected chi connectivity index (χ2v) is 8.42. The smallest absolute Gasteiger partial charge is 0.151 e. The van der Waals surface area contributed by atoms with E-state index in [0.717, 1.165) is 37.9 Å². The molecule has 2 unspecified atom stereocenters. The fourth-order valence-corrected chi connectivity index (χ4v) is 5.14. The summed E-state index contributed by atoms with van der Waals surface area (Å²) in [6, 6.07) is 6.78. The maximum atomic E-state index is 11.7. The first-order valence-electron chi connectivity index (χ1n) is 7.68. The van der Waals surface area contributed by atoms with Crippen molar-refractivity contribution in [2.24, 2.45) is 0 Å². The minimum atomic E-state index is -2.84.